The first kappa shape index (κ1) is 26.2. The molecular weight excluding hydrogens is 560 g/mol. The second-order valence-electron chi connectivity index (χ2n) is 11.5. The summed E-state index contributed by atoms with van der Waals surface area (Å²) in [5, 5.41) is 2.34. The van der Waals surface area contributed by atoms with Crippen molar-refractivity contribution in [1.29, 1.82) is 0 Å². The standard InChI is InChI=1S/C42H28N4/c1-5-15-29(16-6-1)32-25-36(30-17-7-2-8-18-30)43-41(26-32)46-38-24-14-13-23-34(38)35-27-40-37(28-39(35)46)44-42(31-19-9-3-10-20-31)45(40)33-21-11-4-12-22-33/h1-28H. The van der Waals surface area contributed by atoms with E-state index in [-0.39, 0.29) is 0 Å². The molecule has 0 atom stereocenters. The van der Waals surface area contributed by atoms with Crippen LogP contribution in [0.3, 0.4) is 0 Å². The summed E-state index contributed by atoms with van der Waals surface area (Å²) in [7, 11) is 0. The van der Waals surface area contributed by atoms with Gasteiger partial charge in [-0.1, -0.05) is 127 Å². The van der Waals surface area contributed by atoms with E-state index in [2.05, 4.69) is 167 Å². The van der Waals surface area contributed by atoms with Crippen molar-refractivity contribution >= 4 is 32.8 Å². The number of rotatable bonds is 5. The summed E-state index contributed by atoms with van der Waals surface area (Å²) in [6.07, 6.45) is 0. The van der Waals surface area contributed by atoms with Crippen LogP contribution in [-0.4, -0.2) is 19.1 Å². The Labute approximate surface area is 266 Å². The predicted molar refractivity (Wildman–Crippen MR) is 190 cm³/mol. The number of nitrogens with zero attached hydrogens (tertiary/aromatic N) is 4. The minimum Gasteiger partial charge on any atom is -0.294 e. The fourth-order valence-corrected chi connectivity index (χ4v) is 6.59. The molecule has 0 fully saturated rings. The molecule has 0 spiro atoms. The smallest absolute Gasteiger partial charge is 0.145 e. The highest BCUT2D eigenvalue weighted by Gasteiger charge is 2.20. The maximum absolute atomic E-state index is 5.31. The summed E-state index contributed by atoms with van der Waals surface area (Å²) in [6, 6.07) is 59.4. The van der Waals surface area contributed by atoms with Gasteiger partial charge in [-0.05, 0) is 53.6 Å². The van der Waals surface area contributed by atoms with Crippen LogP contribution < -0.4 is 0 Å². The minimum absolute atomic E-state index is 0.872. The van der Waals surface area contributed by atoms with Crippen LogP contribution in [0.4, 0.5) is 0 Å². The molecule has 0 radical (unpaired) electrons. The van der Waals surface area contributed by atoms with Gasteiger partial charge in [-0.3, -0.25) is 9.13 Å². The molecule has 4 heteroatoms. The van der Waals surface area contributed by atoms with Gasteiger partial charge in [0.1, 0.15) is 11.6 Å². The molecular formula is C42H28N4. The highest BCUT2D eigenvalue weighted by atomic mass is 15.1. The molecule has 0 saturated heterocycles. The Kier molecular flexibility index (Phi) is 6.10. The molecule has 9 aromatic rings. The maximum atomic E-state index is 5.31. The van der Waals surface area contributed by atoms with Gasteiger partial charge in [0.05, 0.1) is 27.8 Å². The topological polar surface area (TPSA) is 35.6 Å². The number of imidazole rings is 1. The fourth-order valence-electron chi connectivity index (χ4n) is 6.59. The van der Waals surface area contributed by atoms with Crippen LogP contribution in [0.1, 0.15) is 0 Å². The number of fused-ring (bicyclic) bond motifs is 4. The molecule has 3 aromatic heterocycles. The number of para-hydroxylation sites is 2. The van der Waals surface area contributed by atoms with Crippen LogP contribution in [0, 0.1) is 0 Å². The summed E-state index contributed by atoms with van der Waals surface area (Å²) >= 11 is 0. The summed E-state index contributed by atoms with van der Waals surface area (Å²) in [5.74, 6) is 1.79. The molecule has 0 amide bonds. The SMILES string of the molecule is c1ccc(-c2cc(-c3ccccc3)nc(-n3c4ccccc4c4cc5c(cc43)nc(-c3ccccc3)n5-c3ccccc3)c2)cc1. The van der Waals surface area contributed by atoms with E-state index in [4.69, 9.17) is 9.97 Å². The van der Waals surface area contributed by atoms with Gasteiger partial charge in [0.2, 0.25) is 0 Å². The molecule has 216 valence electrons. The van der Waals surface area contributed by atoms with Gasteiger partial charge in [-0.2, -0.15) is 0 Å². The highest BCUT2D eigenvalue weighted by molar-refractivity contribution is 6.13. The first-order chi connectivity index (χ1) is 22.8. The summed E-state index contributed by atoms with van der Waals surface area (Å²) in [4.78, 5) is 10.6. The Bertz CT molecular complexity index is 2440. The van der Waals surface area contributed by atoms with Crippen LogP contribution in [0.25, 0.3) is 78.1 Å². The maximum Gasteiger partial charge on any atom is 0.145 e. The predicted octanol–water partition coefficient (Wildman–Crippen LogP) is 10.5. The third-order valence-corrected chi connectivity index (χ3v) is 8.71. The lowest BCUT2D eigenvalue weighted by molar-refractivity contribution is 1.08. The first-order valence-corrected chi connectivity index (χ1v) is 15.5. The Morgan fingerprint density at radius 3 is 1.70 bits per heavy atom. The minimum atomic E-state index is 0.872. The molecule has 0 aliphatic rings. The molecule has 0 aliphatic heterocycles. The number of pyridine rings is 1. The zero-order chi connectivity index (χ0) is 30.5. The number of benzene rings is 6. The molecule has 0 unspecified atom stereocenters. The van der Waals surface area contributed by atoms with Gasteiger partial charge >= 0.3 is 0 Å². The van der Waals surface area contributed by atoms with Crippen molar-refractivity contribution < 1.29 is 0 Å². The van der Waals surface area contributed by atoms with E-state index in [1.54, 1.807) is 0 Å². The van der Waals surface area contributed by atoms with Gasteiger partial charge in [-0.15, -0.1) is 0 Å². The van der Waals surface area contributed by atoms with Crippen LogP contribution in [0.15, 0.2) is 170 Å². The molecule has 0 saturated carbocycles. The van der Waals surface area contributed by atoms with Crippen molar-refractivity contribution in [3.63, 3.8) is 0 Å². The summed E-state index contributed by atoms with van der Waals surface area (Å²) < 4.78 is 4.57. The van der Waals surface area contributed by atoms with Crippen LogP contribution >= 0.6 is 0 Å². The van der Waals surface area contributed by atoms with Gasteiger partial charge in [0.25, 0.3) is 0 Å². The van der Waals surface area contributed by atoms with E-state index in [1.165, 1.54) is 5.39 Å². The Balaban J connectivity index is 1.36. The van der Waals surface area contributed by atoms with Crippen molar-refractivity contribution in [1.82, 2.24) is 19.1 Å². The monoisotopic (exact) mass is 588 g/mol. The van der Waals surface area contributed by atoms with Gasteiger partial charge in [-0.25, -0.2) is 9.97 Å². The van der Waals surface area contributed by atoms with Crippen molar-refractivity contribution in [2.75, 3.05) is 0 Å². The quantitative estimate of drug-likeness (QED) is 0.200. The Morgan fingerprint density at radius 1 is 0.370 bits per heavy atom. The van der Waals surface area contributed by atoms with E-state index < -0.39 is 0 Å². The van der Waals surface area contributed by atoms with Crippen molar-refractivity contribution in [3.8, 4) is 45.3 Å². The van der Waals surface area contributed by atoms with E-state index in [9.17, 15) is 0 Å². The van der Waals surface area contributed by atoms with Crippen LogP contribution in [0.2, 0.25) is 0 Å². The molecule has 3 heterocycles. The molecule has 0 aliphatic carbocycles. The fraction of sp³-hybridized carbons (Fsp3) is 0. The first-order valence-electron chi connectivity index (χ1n) is 15.5. The van der Waals surface area contributed by atoms with Crippen LogP contribution in [0.5, 0.6) is 0 Å². The Hall–Kier alpha value is -6.26. The lowest BCUT2D eigenvalue weighted by Crippen LogP contribution is -2.00. The van der Waals surface area contributed by atoms with E-state index >= 15 is 0 Å². The largest absolute Gasteiger partial charge is 0.294 e. The van der Waals surface area contributed by atoms with Crippen molar-refractivity contribution in [2.24, 2.45) is 0 Å². The number of hydrogen-bond donors (Lipinski definition) is 0. The molecule has 4 nitrogen and oxygen atoms in total. The lowest BCUT2D eigenvalue weighted by atomic mass is 10.0. The molecule has 0 N–H and O–H groups in total. The second-order valence-corrected chi connectivity index (χ2v) is 11.5. The average Bonchev–Trinajstić information content (AvgIpc) is 3.67. The molecule has 0 bridgehead atoms. The van der Waals surface area contributed by atoms with Crippen molar-refractivity contribution in [2.45, 2.75) is 0 Å². The third-order valence-electron chi connectivity index (χ3n) is 8.71. The molecule has 9 rings (SSSR count). The van der Waals surface area contributed by atoms with E-state index in [1.807, 2.05) is 12.1 Å². The van der Waals surface area contributed by atoms with E-state index in [0.717, 1.165) is 72.7 Å². The third kappa shape index (κ3) is 4.31. The lowest BCUT2D eigenvalue weighted by Gasteiger charge is -2.13. The molecule has 6 aromatic carbocycles. The van der Waals surface area contributed by atoms with Gasteiger partial charge in [0.15, 0.2) is 0 Å². The molecule has 46 heavy (non-hydrogen) atoms. The highest BCUT2D eigenvalue weighted by Crippen LogP contribution is 2.38. The zero-order valence-corrected chi connectivity index (χ0v) is 25.0. The van der Waals surface area contributed by atoms with Gasteiger partial charge in [0, 0.05) is 27.6 Å². The van der Waals surface area contributed by atoms with Crippen molar-refractivity contribution in [3.05, 3.63) is 170 Å². The van der Waals surface area contributed by atoms with Gasteiger partial charge < -0.3 is 0 Å². The zero-order valence-electron chi connectivity index (χ0n) is 25.0. The summed E-state index contributed by atoms with van der Waals surface area (Å²) in [6.45, 7) is 0. The van der Waals surface area contributed by atoms with E-state index in [0.29, 0.717) is 0 Å². The average molecular weight is 589 g/mol. The normalized spacial score (nSPS) is 11.5. The van der Waals surface area contributed by atoms with Crippen LogP contribution in [-0.2, 0) is 0 Å². The number of aromatic nitrogens is 4. The Morgan fingerprint density at radius 2 is 0.978 bits per heavy atom. The second kappa shape index (κ2) is 10.7. The number of hydrogen-bond acceptors (Lipinski definition) is 2. The summed E-state index contributed by atoms with van der Waals surface area (Å²) in [5.41, 5.74) is 10.6.